The zero-order valence-corrected chi connectivity index (χ0v) is 10.1. The second-order valence-electron chi connectivity index (χ2n) is 3.61. The van der Waals surface area contributed by atoms with Crippen LogP contribution in [-0.4, -0.2) is 36.1 Å². The molecule has 0 bridgehead atoms. The van der Waals surface area contributed by atoms with Gasteiger partial charge in [-0.1, -0.05) is 13.8 Å². The first kappa shape index (κ1) is 12.8. The minimum atomic E-state index is 0.274. The number of rotatable bonds is 7. The maximum atomic E-state index is 7.24. The Hall–Kier alpha value is -1.29. The molecule has 0 saturated carbocycles. The molecule has 1 rings (SSSR count). The lowest BCUT2D eigenvalue weighted by Crippen LogP contribution is -2.25. The highest BCUT2D eigenvalue weighted by Gasteiger charge is 1.99. The topological polar surface area (TPSA) is 49.2 Å². The van der Waals surface area contributed by atoms with Crippen LogP contribution in [0.3, 0.4) is 0 Å². The van der Waals surface area contributed by atoms with Gasteiger partial charge in [-0.25, -0.2) is 4.98 Å². The number of hydrogen-bond acceptors (Lipinski definition) is 3. The molecule has 0 aromatic carbocycles. The summed E-state index contributed by atoms with van der Waals surface area (Å²) in [7, 11) is 0. The summed E-state index contributed by atoms with van der Waals surface area (Å²) in [5.74, 6) is 1.02. The van der Waals surface area contributed by atoms with Gasteiger partial charge in [0.1, 0.15) is 11.6 Å². The fraction of sp³-hybridized carbons (Fsp3) is 0.583. The van der Waals surface area contributed by atoms with Gasteiger partial charge in [0, 0.05) is 6.54 Å². The maximum Gasteiger partial charge on any atom is 0.144 e. The van der Waals surface area contributed by atoms with Crippen molar-refractivity contribution in [3.05, 3.63) is 18.3 Å². The first-order valence-corrected chi connectivity index (χ1v) is 5.79. The lowest BCUT2D eigenvalue weighted by Gasteiger charge is -2.17. The molecule has 0 unspecified atom stereocenters. The van der Waals surface area contributed by atoms with Gasteiger partial charge in [0.15, 0.2) is 0 Å². The average molecular weight is 222 g/mol. The molecule has 1 aromatic rings. The Labute approximate surface area is 97.4 Å². The normalized spacial score (nSPS) is 10.7. The van der Waals surface area contributed by atoms with Gasteiger partial charge in [-0.05, 0) is 31.6 Å². The number of ether oxygens (including phenoxy) is 1. The summed E-state index contributed by atoms with van der Waals surface area (Å²) in [6.07, 6.45) is 2.62. The van der Waals surface area contributed by atoms with Gasteiger partial charge in [-0.3, -0.25) is 5.73 Å². The van der Waals surface area contributed by atoms with E-state index in [1.807, 2.05) is 0 Å². The standard InChI is InChI=1S/C12H20N3O/c1-3-15(4-2)8-5-9-16-11-6-7-12(13)14-10-11/h6-7,10,13H,3-5,8-9H2,1-2H3. The highest BCUT2D eigenvalue weighted by Crippen LogP contribution is 2.10. The third-order valence-corrected chi connectivity index (χ3v) is 2.52. The molecule has 0 saturated heterocycles. The van der Waals surface area contributed by atoms with Crippen molar-refractivity contribution in [1.29, 1.82) is 0 Å². The summed E-state index contributed by atoms with van der Waals surface area (Å²) < 4.78 is 5.53. The summed E-state index contributed by atoms with van der Waals surface area (Å²) in [4.78, 5) is 6.23. The monoisotopic (exact) mass is 222 g/mol. The Morgan fingerprint density at radius 2 is 2.06 bits per heavy atom. The van der Waals surface area contributed by atoms with Crippen molar-refractivity contribution in [1.82, 2.24) is 15.6 Å². The fourth-order valence-electron chi connectivity index (χ4n) is 1.48. The lowest BCUT2D eigenvalue weighted by molar-refractivity contribution is 0.249. The smallest absolute Gasteiger partial charge is 0.144 e. The van der Waals surface area contributed by atoms with Gasteiger partial charge in [-0.15, -0.1) is 0 Å². The van der Waals surface area contributed by atoms with Crippen molar-refractivity contribution in [2.75, 3.05) is 26.2 Å². The van der Waals surface area contributed by atoms with E-state index in [4.69, 9.17) is 10.5 Å². The van der Waals surface area contributed by atoms with E-state index in [0.717, 1.165) is 31.8 Å². The summed E-state index contributed by atoms with van der Waals surface area (Å²) in [6, 6.07) is 3.42. The van der Waals surface area contributed by atoms with Crippen LogP contribution in [-0.2, 0) is 0 Å². The van der Waals surface area contributed by atoms with Crippen LogP contribution >= 0.6 is 0 Å². The van der Waals surface area contributed by atoms with Gasteiger partial charge in [0.2, 0.25) is 0 Å². The van der Waals surface area contributed by atoms with Gasteiger partial charge in [-0.2, -0.15) is 0 Å². The second-order valence-corrected chi connectivity index (χ2v) is 3.61. The van der Waals surface area contributed by atoms with E-state index < -0.39 is 0 Å². The Bertz CT molecular complexity index is 283. The molecule has 1 heterocycles. The molecule has 0 spiro atoms. The van der Waals surface area contributed by atoms with Crippen LogP contribution in [0.1, 0.15) is 20.3 Å². The zero-order valence-electron chi connectivity index (χ0n) is 10.1. The van der Waals surface area contributed by atoms with E-state index in [1.54, 1.807) is 18.3 Å². The first-order valence-electron chi connectivity index (χ1n) is 5.79. The molecule has 0 fully saturated rings. The molecule has 4 heteroatoms. The van der Waals surface area contributed by atoms with Crippen molar-refractivity contribution < 1.29 is 4.74 Å². The fourth-order valence-corrected chi connectivity index (χ4v) is 1.48. The van der Waals surface area contributed by atoms with Crippen molar-refractivity contribution in [2.24, 2.45) is 0 Å². The van der Waals surface area contributed by atoms with E-state index in [0.29, 0.717) is 6.61 Å². The predicted octanol–water partition coefficient (Wildman–Crippen LogP) is 2.11. The highest BCUT2D eigenvalue weighted by atomic mass is 16.5. The van der Waals surface area contributed by atoms with E-state index in [2.05, 4.69) is 23.7 Å². The highest BCUT2D eigenvalue weighted by molar-refractivity contribution is 5.28. The van der Waals surface area contributed by atoms with Crippen molar-refractivity contribution in [3.8, 4) is 5.75 Å². The van der Waals surface area contributed by atoms with Crippen LogP contribution in [0.15, 0.2) is 18.3 Å². The number of nitrogens with zero attached hydrogens (tertiary/aromatic N) is 2. The largest absolute Gasteiger partial charge is 0.492 e. The molecule has 0 aliphatic rings. The molecular formula is C12H20N3O. The van der Waals surface area contributed by atoms with Gasteiger partial charge < -0.3 is 9.64 Å². The third-order valence-electron chi connectivity index (χ3n) is 2.52. The Kier molecular flexibility index (Phi) is 5.64. The van der Waals surface area contributed by atoms with Gasteiger partial charge in [0.25, 0.3) is 0 Å². The zero-order chi connectivity index (χ0) is 11.8. The number of hydrogen-bond donors (Lipinski definition) is 0. The van der Waals surface area contributed by atoms with E-state index in [-0.39, 0.29) is 5.82 Å². The Morgan fingerprint density at radius 3 is 2.62 bits per heavy atom. The summed E-state index contributed by atoms with van der Waals surface area (Å²) in [6.45, 7) is 8.28. The minimum absolute atomic E-state index is 0.274. The van der Waals surface area contributed by atoms with Gasteiger partial charge in [0.05, 0.1) is 12.8 Å². The maximum absolute atomic E-state index is 7.24. The van der Waals surface area contributed by atoms with Crippen molar-refractivity contribution in [2.45, 2.75) is 20.3 Å². The SMILES string of the molecule is CCN(CC)CCCOc1ccc([NH])nc1. The number of pyridine rings is 1. The lowest BCUT2D eigenvalue weighted by atomic mass is 10.4. The number of aromatic nitrogens is 1. The minimum Gasteiger partial charge on any atom is -0.492 e. The molecule has 0 aliphatic heterocycles. The van der Waals surface area contributed by atoms with Crippen molar-refractivity contribution in [3.63, 3.8) is 0 Å². The molecular weight excluding hydrogens is 202 g/mol. The van der Waals surface area contributed by atoms with Gasteiger partial charge >= 0.3 is 0 Å². The summed E-state index contributed by atoms with van der Waals surface area (Å²) in [5, 5.41) is 0. The quantitative estimate of drug-likeness (QED) is 0.664. The molecule has 1 aromatic heterocycles. The molecule has 0 atom stereocenters. The molecule has 16 heavy (non-hydrogen) atoms. The third kappa shape index (κ3) is 4.49. The van der Waals surface area contributed by atoms with Crippen LogP contribution < -0.4 is 10.5 Å². The molecule has 1 radical (unpaired) electrons. The van der Waals surface area contributed by atoms with Crippen LogP contribution in [0.5, 0.6) is 5.75 Å². The number of nitrogens with one attached hydrogen (secondary N) is 1. The molecule has 89 valence electrons. The van der Waals surface area contributed by atoms with Crippen LogP contribution in [0, 0.1) is 0 Å². The Morgan fingerprint density at radius 1 is 1.31 bits per heavy atom. The van der Waals surface area contributed by atoms with Crippen molar-refractivity contribution >= 4 is 5.82 Å². The second kappa shape index (κ2) is 7.06. The summed E-state index contributed by atoms with van der Waals surface area (Å²) >= 11 is 0. The van der Waals surface area contributed by atoms with Crippen LogP contribution in [0.25, 0.3) is 0 Å². The van der Waals surface area contributed by atoms with Crippen LogP contribution in [0.4, 0.5) is 5.82 Å². The molecule has 1 N–H and O–H groups in total. The van der Waals surface area contributed by atoms with E-state index in [9.17, 15) is 0 Å². The average Bonchev–Trinajstić information content (AvgIpc) is 2.32. The van der Waals surface area contributed by atoms with E-state index in [1.165, 1.54) is 0 Å². The van der Waals surface area contributed by atoms with E-state index >= 15 is 0 Å². The molecule has 4 nitrogen and oxygen atoms in total. The van der Waals surface area contributed by atoms with Crippen LogP contribution in [0.2, 0.25) is 0 Å². The predicted molar refractivity (Wildman–Crippen MR) is 64.9 cm³/mol. The Balaban J connectivity index is 2.18. The first-order chi connectivity index (χ1) is 7.76. The molecule has 0 amide bonds. The molecule has 0 aliphatic carbocycles. The summed E-state index contributed by atoms with van der Waals surface area (Å²) in [5.41, 5.74) is 7.24.